The molecule has 1 fully saturated rings. The number of aliphatic hydroxyl groups excluding tert-OH is 1. The van der Waals surface area contributed by atoms with E-state index < -0.39 is 17.8 Å². The minimum Gasteiger partial charge on any atom is -0.396 e. The van der Waals surface area contributed by atoms with Gasteiger partial charge in [0.15, 0.2) is 0 Å². The van der Waals surface area contributed by atoms with Crippen LogP contribution in [0.3, 0.4) is 0 Å². The summed E-state index contributed by atoms with van der Waals surface area (Å²) in [6, 6.07) is 13.8. The number of nitrogens with zero attached hydrogens (tertiary/aromatic N) is 2. The Morgan fingerprint density at radius 2 is 2.03 bits per heavy atom. The number of rotatable bonds is 4. The average molecular weight is 498 g/mol. The van der Waals surface area contributed by atoms with Crippen LogP contribution in [0.1, 0.15) is 27.2 Å². The highest BCUT2D eigenvalue weighted by atomic mass is 19.4. The van der Waals surface area contributed by atoms with Gasteiger partial charge in [-0.15, -0.1) is 0 Å². The maximum absolute atomic E-state index is 13.0. The van der Waals surface area contributed by atoms with Crippen LogP contribution in [-0.4, -0.2) is 48.4 Å². The zero-order valence-electron chi connectivity index (χ0n) is 19.7. The Hall–Kier alpha value is -3.43. The summed E-state index contributed by atoms with van der Waals surface area (Å²) in [6.07, 6.45) is -2.88. The molecule has 1 saturated heterocycles. The lowest BCUT2D eigenvalue weighted by molar-refractivity contribution is -0.141. The number of fused-ring (bicyclic) bond motifs is 3. The number of aliphatic hydroxyl groups is 1. The molecule has 0 radical (unpaired) electrons. The Balaban J connectivity index is 1.43. The molecule has 0 spiro atoms. The molecule has 0 saturated carbocycles. The van der Waals surface area contributed by atoms with Crippen LogP contribution in [0.5, 0.6) is 0 Å². The fraction of sp³-hybridized carbons (Fsp3) is 0.333. The van der Waals surface area contributed by atoms with Crippen LogP contribution < -0.4 is 10.2 Å². The van der Waals surface area contributed by atoms with E-state index in [2.05, 4.69) is 27.3 Å². The molecule has 5 rings (SSSR count). The number of halogens is 3. The molecule has 0 bridgehead atoms. The van der Waals surface area contributed by atoms with Gasteiger partial charge in [0.2, 0.25) is 0 Å². The van der Waals surface area contributed by atoms with Gasteiger partial charge in [0, 0.05) is 42.2 Å². The smallest absolute Gasteiger partial charge is 0.396 e. The van der Waals surface area contributed by atoms with Crippen molar-refractivity contribution in [2.45, 2.75) is 25.6 Å². The Morgan fingerprint density at radius 3 is 2.81 bits per heavy atom. The zero-order chi connectivity index (χ0) is 25.4. The minimum atomic E-state index is -4.63. The lowest BCUT2D eigenvalue weighted by Crippen LogP contribution is -2.53. The molecule has 9 heteroatoms. The summed E-state index contributed by atoms with van der Waals surface area (Å²) in [6.45, 7) is 4.04. The van der Waals surface area contributed by atoms with Crippen LogP contribution in [0.25, 0.3) is 11.1 Å². The second-order valence-electron chi connectivity index (χ2n) is 9.24. The molecule has 1 aromatic heterocycles. The van der Waals surface area contributed by atoms with E-state index in [0.29, 0.717) is 18.9 Å². The van der Waals surface area contributed by atoms with Crippen molar-refractivity contribution < 1.29 is 27.8 Å². The summed E-state index contributed by atoms with van der Waals surface area (Å²) in [5.41, 5.74) is 4.43. The van der Waals surface area contributed by atoms with E-state index >= 15 is 0 Å². The third kappa shape index (κ3) is 4.68. The Morgan fingerprint density at radius 1 is 1.19 bits per heavy atom. The highest BCUT2D eigenvalue weighted by Crippen LogP contribution is 2.39. The van der Waals surface area contributed by atoms with Crippen LogP contribution in [0.2, 0.25) is 0 Å². The predicted molar refractivity (Wildman–Crippen MR) is 130 cm³/mol. The summed E-state index contributed by atoms with van der Waals surface area (Å²) < 4.78 is 44.7. The summed E-state index contributed by atoms with van der Waals surface area (Å²) >= 11 is 0. The summed E-state index contributed by atoms with van der Waals surface area (Å²) in [7, 11) is 0. The van der Waals surface area contributed by atoms with Crippen LogP contribution in [-0.2, 0) is 17.3 Å². The van der Waals surface area contributed by atoms with Crippen molar-refractivity contribution in [1.29, 1.82) is 0 Å². The van der Waals surface area contributed by atoms with Crippen molar-refractivity contribution in [3.63, 3.8) is 0 Å². The third-order valence-electron chi connectivity index (χ3n) is 6.94. The van der Waals surface area contributed by atoms with Gasteiger partial charge in [-0.2, -0.15) is 13.2 Å². The van der Waals surface area contributed by atoms with E-state index in [4.69, 9.17) is 4.74 Å². The van der Waals surface area contributed by atoms with Gasteiger partial charge in [-0.25, -0.2) is 0 Å². The highest BCUT2D eigenvalue weighted by molar-refractivity contribution is 6.04. The van der Waals surface area contributed by atoms with Gasteiger partial charge < -0.3 is 20.1 Å². The molecule has 0 unspecified atom stereocenters. The number of ether oxygens (including phenoxy) is 1. The molecule has 3 heterocycles. The molecular formula is C27H26F3N3O3. The number of hydrogen-bond donors (Lipinski definition) is 2. The van der Waals surface area contributed by atoms with Crippen molar-refractivity contribution >= 4 is 17.3 Å². The van der Waals surface area contributed by atoms with Gasteiger partial charge in [0.1, 0.15) is 5.69 Å². The number of amides is 1. The Bertz CT molecular complexity index is 1290. The predicted octanol–water partition coefficient (Wildman–Crippen LogP) is 4.70. The first-order valence-corrected chi connectivity index (χ1v) is 11.8. The van der Waals surface area contributed by atoms with E-state index in [1.54, 1.807) is 6.07 Å². The van der Waals surface area contributed by atoms with Crippen LogP contribution in [0, 0.1) is 12.8 Å². The highest BCUT2D eigenvalue weighted by Gasteiger charge is 2.36. The molecule has 2 N–H and O–H groups in total. The van der Waals surface area contributed by atoms with Gasteiger partial charge in [-0.05, 0) is 65.9 Å². The third-order valence-corrected chi connectivity index (χ3v) is 6.94. The van der Waals surface area contributed by atoms with Crippen molar-refractivity contribution in [3.05, 3.63) is 77.1 Å². The molecule has 2 atom stereocenters. The number of nitrogens with one attached hydrogen (secondary N) is 1. The van der Waals surface area contributed by atoms with Gasteiger partial charge in [0.05, 0.1) is 19.3 Å². The number of carbonyl (C=O) groups excluding carboxylic acids is 1. The number of alkyl halides is 3. The Labute approximate surface area is 206 Å². The van der Waals surface area contributed by atoms with E-state index in [1.165, 1.54) is 11.6 Å². The van der Waals surface area contributed by atoms with E-state index in [9.17, 15) is 23.1 Å². The summed E-state index contributed by atoms with van der Waals surface area (Å²) in [4.78, 5) is 18.3. The normalized spacial score (nSPS) is 19.4. The van der Waals surface area contributed by atoms with Crippen LogP contribution in [0.15, 0.2) is 54.7 Å². The summed E-state index contributed by atoms with van der Waals surface area (Å²) in [5.74, 6) is -0.524. The van der Waals surface area contributed by atoms with Crippen molar-refractivity contribution in [2.75, 3.05) is 36.6 Å². The van der Waals surface area contributed by atoms with Gasteiger partial charge in [0.25, 0.3) is 5.91 Å². The SMILES string of the molecule is Cc1ccc(NC(=O)c2ccnc(C(F)(F)F)c2)cc1-c1ccc2c(c1)N1CCOC[C@H]1[C@H](CO)C2. The number of carbonyl (C=O) groups is 1. The average Bonchev–Trinajstić information content (AvgIpc) is 2.88. The number of pyridine rings is 1. The van der Waals surface area contributed by atoms with Crippen molar-refractivity contribution in [1.82, 2.24) is 4.98 Å². The number of anilines is 2. The molecule has 6 nitrogen and oxygen atoms in total. The zero-order valence-corrected chi connectivity index (χ0v) is 19.7. The molecule has 2 aromatic carbocycles. The topological polar surface area (TPSA) is 74.7 Å². The summed E-state index contributed by atoms with van der Waals surface area (Å²) in [5, 5.41) is 12.6. The van der Waals surface area contributed by atoms with E-state index in [1.807, 2.05) is 25.1 Å². The molecule has 188 valence electrons. The second kappa shape index (κ2) is 9.55. The first-order chi connectivity index (χ1) is 17.2. The van der Waals surface area contributed by atoms with E-state index in [0.717, 1.165) is 47.6 Å². The number of morpholine rings is 1. The first kappa shape index (κ1) is 24.3. The van der Waals surface area contributed by atoms with Gasteiger partial charge in [-0.3, -0.25) is 9.78 Å². The molecule has 2 aliphatic heterocycles. The lowest BCUT2D eigenvalue weighted by Gasteiger charge is -2.46. The number of aryl methyl sites for hydroxylation is 1. The standard InChI is InChI=1S/C27H26F3N3O3/c1-16-2-5-21(32-26(35)19-6-7-31-25(12-19)27(28,29)30)13-22(16)17-3-4-18-10-20(14-34)24-15-36-9-8-33(24)23(18)11-17/h2-7,11-13,20,24,34H,8-10,14-15H2,1H3,(H,32,35)/t20-,24-/m0/s1. The molecule has 3 aromatic rings. The molecule has 36 heavy (non-hydrogen) atoms. The second-order valence-corrected chi connectivity index (χ2v) is 9.24. The largest absolute Gasteiger partial charge is 0.433 e. The maximum Gasteiger partial charge on any atom is 0.433 e. The van der Waals surface area contributed by atoms with Gasteiger partial charge in [-0.1, -0.05) is 18.2 Å². The number of hydrogen-bond acceptors (Lipinski definition) is 5. The molecule has 0 aliphatic carbocycles. The van der Waals surface area contributed by atoms with Crippen LogP contribution >= 0.6 is 0 Å². The van der Waals surface area contributed by atoms with E-state index in [-0.39, 0.29) is 24.1 Å². The fourth-order valence-corrected chi connectivity index (χ4v) is 5.03. The number of benzene rings is 2. The molecule has 2 aliphatic rings. The fourth-order valence-electron chi connectivity index (χ4n) is 5.03. The lowest BCUT2D eigenvalue weighted by atomic mass is 9.84. The first-order valence-electron chi connectivity index (χ1n) is 11.8. The molecule has 1 amide bonds. The van der Waals surface area contributed by atoms with Crippen molar-refractivity contribution in [3.8, 4) is 11.1 Å². The van der Waals surface area contributed by atoms with Gasteiger partial charge >= 0.3 is 6.18 Å². The monoisotopic (exact) mass is 497 g/mol. The van der Waals surface area contributed by atoms with Crippen molar-refractivity contribution in [2.24, 2.45) is 5.92 Å². The minimum absolute atomic E-state index is 0.106. The van der Waals surface area contributed by atoms with Crippen LogP contribution in [0.4, 0.5) is 24.5 Å². The Kier molecular flexibility index (Phi) is 6.44. The molecular weight excluding hydrogens is 471 g/mol. The maximum atomic E-state index is 13.0. The number of aromatic nitrogens is 1. The quantitative estimate of drug-likeness (QED) is 0.547.